The Morgan fingerprint density at radius 2 is 1.85 bits per heavy atom. The molecule has 0 bridgehead atoms. The number of para-hydroxylation sites is 1. The number of carbonyl (C=O) groups excluding carboxylic acids is 1. The number of halogens is 2. The molecule has 27 heavy (non-hydrogen) atoms. The molecule has 1 saturated heterocycles. The molecule has 0 N–H and O–H groups in total. The molecule has 6 heteroatoms. The minimum Gasteiger partial charge on any atom is -0.336 e. The maximum Gasteiger partial charge on any atom is 0.255 e. The van der Waals surface area contributed by atoms with Gasteiger partial charge in [-0.3, -0.25) is 14.7 Å². The number of carbonyl (C=O) groups is 1. The summed E-state index contributed by atoms with van der Waals surface area (Å²) in [6, 6.07) is 15.8. The van der Waals surface area contributed by atoms with E-state index in [9.17, 15) is 4.79 Å². The fraction of sp³-hybridized carbons (Fsp3) is 0.238. The van der Waals surface area contributed by atoms with Crippen molar-refractivity contribution in [3.8, 4) is 0 Å². The highest BCUT2D eigenvalue weighted by atomic mass is 127. The molecule has 0 saturated carbocycles. The summed E-state index contributed by atoms with van der Waals surface area (Å²) >= 11 is 8.26. The van der Waals surface area contributed by atoms with Gasteiger partial charge in [-0.25, -0.2) is 0 Å². The van der Waals surface area contributed by atoms with Gasteiger partial charge in [0.25, 0.3) is 5.91 Å². The monoisotopic (exact) mass is 491 g/mol. The molecule has 2 heterocycles. The second-order valence-corrected chi connectivity index (χ2v) is 8.28. The zero-order chi connectivity index (χ0) is 18.8. The van der Waals surface area contributed by atoms with E-state index in [1.54, 1.807) is 6.07 Å². The lowest BCUT2D eigenvalue weighted by molar-refractivity contribution is 0.0628. The summed E-state index contributed by atoms with van der Waals surface area (Å²) in [6.45, 7) is 4.00. The molecule has 0 aliphatic carbocycles. The third-order valence-electron chi connectivity index (χ3n) is 4.93. The molecule has 4 nitrogen and oxygen atoms in total. The molecule has 1 aromatic heterocycles. The predicted molar refractivity (Wildman–Crippen MR) is 117 cm³/mol. The van der Waals surface area contributed by atoms with Crippen LogP contribution in [0.1, 0.15) is 15.9 Å². The van der Waals surface area contributed by atoms with Crippen LogP contribution in [-0.2, 0) is 6.54 Å². The van der Waals surface area contributed by atoms with E-state index >= 15 is 0 Å². The van der Waals surface area contributed by atoms with E-state index in [0.29, 0.717) is 10.6 Å². The smallest absolute Gasteiger partial charge is 0.255 e. The number of fused-ring (bicyclic) bond motifs is 1. The second-order valence-electron chi connectivity index (χ2n) is 6.68. The van der Waals surface area contributed by atoms with Crippen molar-refractivity contribution in [2.24, 2.45) is 0 Å². The van der Waals surface area contributed by atoms with E-state index in [2.05, 4.69) is 56.7 Å². The number of rotatable bonds is 3. The van der Waals surface area contributed by atoms with Crippen molar-refractivity contribution >= 4 is 51.0 Å². The van der Waals surface area contributed by atoms with Crippen LogP contribution in [0.3, 0.4) is 0 Å². The summed E-state index contributed by atoms with van der Waals surface area (Å²) in [7, 11) is 0. The van der Waals surface area contributed by atoms with Gasteiger partial charge in [-0.2, -0.15) is 0 Å². The molecule has 1 aliphatic rings. The van der Waals surface area contributed by atoms with Gasteiger partial charge in [-0.15, -0.1) is 0 Å². The minimum absolute atomic E-state index is 0.0633. The Bertz CT molecular complexity index is 981. The van der Waals surface area contributed by atoms with E-state index in [1.807, 2.05) is 29.3 Å². The second kappa shape index (κ2) is 8.12. The zero-order valence-corrected chi connectivity index (χ0v) is 17.7. The first-order valence-corrected chi connectivity index (χ1v) is 10.4. The summed E-state index contributed by atoms with van der Waals surface area (Å²) in [5.74, 6) is 0.0633. The molecule has 1 amide bonds. The van der Waals surface area contributed by atoms with E-state index in [1.165, 1.54) is 10.9 Å². The van der Waals surface area contributed by atoms with Crippen LogP contribution in [0, 0.1) is 3.57 Å². The van der Waals surface area contributed by atoms with Crippen molar-refractivity contribution in [3.05, 3.63) is 74.4 Å². The van der Waals surface area contributed by atoms with Crippen LogP contribution in [0.4, 0.5) is 0 Å². The molecular weight excluding hydrogens is 473 g/mol. The Morgan fingerprint density at radius 3 is 2.67 bits per heavy atom. The lowest BCUT2D eigenvalue weighted by Crippen LogP contribution is -2.48. The first kappa shape index (κ1) is 18.7. The van der Waals surface area contributed by atoms with Crippen molar-refractivity contribution in [1.82, 2.24) is 14.8 Å². The lowest BCUT2D eigenvalue weighted by Gasteiger charge is -2.35. The summed E-state index contributed by atoms with van der Waals surface area (Å²) in [4.78, 5) is 21.7. The molecule has 1 aliphatic heterocycles. The number of hydrogen-bond acceptors (Lipinski definition) is 3. The van der Waals surface area contributed by atoms with E-state index in [0.717, 1.165) is 41.8 Å². The van der Waals surface area contributed by atoms with Crippen LogP contribution < -0.4 is 0 Å². The van der Waals surface area contributed by atoms with Gasteiger partial charge in [0.15, 0.2) is 0 Å². The quantitative estimate of drug-likeness (QED) is 0.508. The summed E-state index contributed by atoms with van der Waals surface area (Å²) in [5.41, 5.74) is 2.99. The summed E-state index contributed by atoms with van der Waals surface area (Å²) in [6.07, 6.45) is 1.84. The van der Waals surface area contributed by atoms with Gasteiger partial charge in [0.05, 0.1) is 11.1 Å². The Kier molecular flexibility index (Phi) is 5.61. The van der Waals surface area contributed by atoms with Gasteiger partial charge >= 0.3 is 0 Å². The molecule has 1 fully saturated rings. The SMILES string of the molecule is O=C(c1cc(Cl)ccc1I)N1CCN(Cc2cccc3cccnc23)CC1. The maximum atomic E-state index is 12.8. The van der Waals surface area contributed by atoms with Crippen LogP contribution in [0.2, 0.25) is 5.02 Å². The Balaban J connectivity index is 1.43. The first-order valence-electron chi connectivity index (χ1n) is 8.91. The van der Waals surface area contributed by atoms with E-state index in [4.69, 9.17) is 11.6 Å². The van der Waals surface area contributed by atoms with Gasteiger partial charge in [-0.05, 0) is 52.4 Å². The van der Waals surface area contributed by atoms with Crippen LogP contribution in [0.15, 0.2) is 54.7 Å². The van der Waals surface area contributed by atoms with E-state index < -0.39 is 0 Å². The molecule has 2 aromatic carbocycles. The van der Waals surface area contributed by atoms with Gasteiger partial charge in [-0.1, -0.05) is 35.9 Å². The van der Waals surface area contributed by atoms with Crippen LogP contribution in [0.25, 0.3) is 10.9 Å². The van der Waals surface area contributed by atoms with Crippen LogP contribution >= 0.6 is 34.2 Å². The van der Waals surface area contributed by atoms with Gasteiger partial charge < -0.3 is 4.90 Å². The largest absolute Gasteiger partial charge is 0.336 e. The average molecular weight is 492 g/mol. The Hall–Kier alpha value is -1.70. The predicted octanol–water partition coefficient (Wildman–Crippen LogP) is 4.45. The van der Waals surface area contributed by atoms with Crippen molar-refractivity contribution in [1.29, 1.82) is 0 Å². The highest BCUT2D eigenvalue weighted by Gasteiger charge is 2.24. The molecule has 0 unspecified atom stereocenters. The normalized spacial score (nSPS) is 15.3. The number of nitrogens with zero attached hydrogens (tertiary/aromatic N) is 3. The molecule has 0 atom stereocenters. The highest BCUT2D eigenvalue weighted by molar-refractivity contribution is 14.1. The number of aromatic nitrogens is 1. The number of hydrogen-bond donors (Lipinski definition) is 0. The van der Waals surface area contributed by atoms with Crippen LogP contribution in [-0.4, -0.2) is 46.9 Å². The van der Waals surface area contributed by atoms with Gasteiger partial charge in [0.2, 0.25) is 0 Å². The molecule has 0 spiro atoms. The average Bonchev–Trinajstić information content (AvgIpc) is 2.70. The van der Waals surface area contributed by atoms with E-state index in [-0.39, 0.29) is 5.91 Å². The summed E-state index contributed by atoms with van der Waals surface area (Å²) in [5, 5.41) is 1.76. The molecular formula is C21H19ClIN3O. The number of amides is 1. The molecule has 0 radical (unpaired) electrons. The number of piperazine rings is 1. The third-order valence-corrected chi connectivity index (χ3v) is 6.10. The van der Waals surface area contributed by atoms with Crippen molar-refractivity contribution in [3.63, 3.8) is 0 Å². The number of pyridine rings is 1. The summed E-state index contributed by atoms with van der Waals surface area (Å²) < 4.78 is 0.936. The fourth-order valence-corrected chi connectivity index (χ4v) is 4.22. The molecule has 3 aromatic rings. The highest BCUT2D eigenvalue weighted by Crippen LogP contribution is 2.22. The lowest BCUT2D eigenvalue weighted by atomic mass is 10.1. The van der Waals surface area contributed by atoms with Crippen LogP contribution in [0.5, 0.6) is 0 Å². The van der Waals surface area contributed by atoms with Crippen molar-refractivity contribution < 1.29 is 4.79 Å². The van der Waals surface area contributed by atoms with Crippen molar-refractivity contribution in [2.75, 3.05) is 26.2 Å². The first-order chi connectivity index (χ1) is 13.1. The zero-order valence-electron chi connectivity index (χ0n) is 14.7. The molecule has 4 rings (SSSR count). The van der Waals surface area contributed by atoms with Gasteiger partial charge in [0, 0.05) is 52.9 Å². The van der Waals surface area contributed by atoms with Gasteiger partial charge in [0.1, 0.15) is 0 Å². The Morgan fingerprint density at radius 1 is 1.07 bits per heavy atom. The molecule has 138 valence electrons. The topological polar surface area (TPSA) is 36.4 Å². The number of benzene rings is 2. The Labute approximate surface area is 177 Å². The fourth-order valence-electron chi connectivity index (χ4n) is 3.48. The third kappa shape index (κ3) is 4.10. The standard InChI is InChI=1S/C21H19ClIN3O/c22-17-6-7-19(23)18(13-17)21(27)26-11-9-25(10-12-26)14-16-4-1-3-15-5-2-8-24-20(15)16/h1-8,13H,9-12,14H2. The minimum atomic E-state index is 0.0633. The maximum absolute atomic E-state index is 12.8. The van der Waals surface area contributed by atoms with Crippen molar-refractivity contribution in [2.45, 2.75) is 6.54 Å².